The van der Waals surface area contributed by atoms with Gasteiger partial charge in [0.25, 0.3) is 0 Å². The van der Waals surface area contributed by atoms with Crippen LogP contribution in [0, 0.1) is 18.3 Å². The normalized spacial score (nSPS) is 22.3. The first kappa shape index (κ1) is 27.6. The Morgan fingerprint density at radius 3 is 2.49 bits per heavy atom. The van der Waals surface area contributed by atoms with E-state index in [4.69, 9.17) is 0 Å². The number of benzene rings is 2. The number of hydrogen-bond donors (Lipinski definition) is 2. The van der Waals surface area contributed by atoms with Crippen molar-refractivity contribution in [2.45, 2.75) is 64.8 Å². The van der Waals surface area contributed by atoms with Crippen molar-refractivity contribution >= 4 is 5.97 Å². The fourth-order valence-corrected chi connectivity index (χ4v) is 6.88. The molecule has 2 aliphatic rings. The molecule has 6 heteroatoms. The molecule has 2 N–H and O–H groups in total. The lowest BCUT2D eigenvalue weighted by Crippen LogP contribution is -2.48. The third-order valence-electron chi connectivity index (χ3n) is 8.74. The molecule has 0 saturated carbocycles. The van der Waals surface area contributed by atoms with Gasteiger partial charge in [0.15, 0.2) is 0 Å². The monoisotopic (exact) mass is 528 g/mol. The van der Waals surface area contributed by atoms with Crippen LogP contribution in [0.5, 0.6) is 0 Å². The first-order valence-electron chi connectivity index (χ1n) is 14.5. The van der Waals surface area contributed by atoms with Crippen molar-refractivity contribution in [2.24, 2.45) is 11.3 Å². The number of carboxylic acid groups (broad SMARTS) is 1. The summed E-state index contributed by atoms with van der Waals surface area (Å²) in [6.07, 6.45) is 5.13. The highest BCUT2D eigenvalue weighted by molar-refractivity contribution is 5.74. The third kappa shape index (κ3) is 6.62. The van der Waals surface area contributed by atoms with E-state index in [1.165, 1.54) is 22.4 Å². The molecule has 0 radical (unpaired) electrons. The Morgan fingerprint density at radius 2 is 1.82 bits per heavy atom. The van der Waals surface area contributed by atoms with Crippen molar-refractivity contribution in [1.82, 2.24) is 19.8 Å². The number of carbonyl (C=O) groups is 1. The third-order valence-corrected chi connectivity index (χ3v) is 8.74. The number of H-pyrrole nitrogens is 1. The molecule has 3 heterocycles. The van der Waals surface area contributed by atoms with Crippen LogP contribution in [0.15, 0.2) is 60.8 Å². The predicted molar refractivity (Wildman–Crippen MR) is 156 cm³/mol. The van der Waals surface area contributed by atoms with Crippen LogP contribution in [0.25, 0.3) is 0 Å². The molecule has 0 bridgehead atoms. The molecule has 1 aromatic heterocycles. The maximum Gasteiger partial charge on any atom is 0.321 e. The van der Waals surface area contributed by atoms with Gasteiger partial charge in [-0.3, -0.25) is 9.69 Å². The highest BCUT2D eigenvalue weighted by Crippen LogP contribution is 2.39. The summed E-state index contributed by atoms with van der Waals surface area (Å²) >= 11 is 0. The molecule has 3 atom stereocenters. The lowest BCUT2D eigenvalue weighted by atomic mass is 9.85. The number of aliphatic carboxylic acids is 1. The van der Waals surface area contributed by atoms with Gasteiger partial charge in [0.1, 0.15) is 11.9 Å². The summed E-state index contributed by atoms with van der Waals surface area (Å²) in [6.45, 7) is 13.1. The second-order valence-corrected chi connectivity index (χ2v) is 12.9. The number of nitrogens with zero attached hydrogens (tertiary/aromatic N) is 3. The fourth-order valence-electron chi connectivity index (χ4n) is 6.88. The van der Waals surface area contributed by atoms with E-state index in [9.17, 15) is 9.90 Å². The maximum atomic E-state index is 12.3. The van der Waals surface area contributed by atoms with E-state index >= 15 is 0 Å². The van der Waals surface area contributed by atoms with Crippen LogP contribution in [0.3, 0.4) is 0 Å². The molecular formula is C33H44N4O2. The van der Waals surface area contributed by atoms with E-state index in [2.05, 4.69) is 75.2 Å². The minimum absolute atomic E-state index is 0.320. The van der Waals surface area contributed by atoms with Gasteiger partial charge in [-0.25, -0.2) is 4.98 Å². The molecule has 2 saturated heterocycles. The number of hydrogen-bond acceptors (Lipinski definition) is 4. The number of aromatic amines is 1. The zero-order valence-electron chi connectivity index (χ0n) is 23.9. The summed E-state index contributed by atoms with van der Waals surface area (Å²) in [4.78, 5) is 25.5. The standard InChI is InChI=1S/C33H44N4O2/c1-23-9-8-12-26(17-23)28-22-37(31(32(38)39)33(2,3)4)21-27(28)20-36-15-13-25(14-16-36)29-19-34-30(35-29)18-24-10-6-5-7-11-24/h5-12,17,19,25,27-28,31H,13-16,18,20-22H2,1-4H3,(H,34,35)(H,38,39)/t27-,28+,31-/m0/s1. The zero-order chi connectivity index (χ0) is 27.6. The molecule has 0 spiro atoms. The van der Waals surface area contributed by atoms with E-state index < -0.39 is 12.0 Å². The average molecular weight is 529 g/mol. The molecule has 208 valence electrons. The van der Waals surface area contributed by atoms with Crippen molar-refractivity contribution in [3.8, 4) is 0 Å². The van der Waals surface area contributed by atoms with Gasteiger partial charge in [0, 0.05) is 49.8 Å². The fraction of sp³-hybridized carbons (Fsp3) is 0.515. The number of nitrogens with one attached hydrogen (secondary N) is 1. The molecule has 39 heavy (non-hydrogen) atoms. The van der Waals surface area contributed by atoms with Crippen molar-refractivity contribution < 1.29 is 9.90 Å². The first-order valence-corrected chi connectivity index (χ1v) is 14.5. The summed E-state index contributed by atoms with van der Waals surface area (Å²) in [5.74, 6) is 1.61. The Balaban J connectivity index is 1.24. The topological polar surface area (TPSA) is 72.5 Å². The molecule has 6 nitrogen and oxygen atoms in total. The molecular weight excluding hydrogens is 484 g/mol. The number of aromatic nitrogens is 2. The van der Waals surface area contributed by atoms with Crippen LogP contribution in [0.4, 0.5) is 0 Å². The molecule has 0 amide bonds. The van der Waals surface area contributed by atoms with Gasteiger partial charge in [-0.15, -0.1) is 0 Å². The smallest absolute Gasteiger partial charge is 0.321 e. The van der Waals surface area contributed by atoms with Crippen molar-refractivity contribution in [1.29, 1.82) is 0 Å². The van der Waals surface area contributed by atoms with Crippen molar-refractivity contribution in [2.75, 3.05) is 32.7 Å². The Kier molecular flexibility index (Phi) is 8.24. The summed E-state index contributed by atoms with van der Waals surface area (Å²) in [7, 11) is 0. The molecule has 2 aromatic carbocycles. The number of carboxylic acids is 1. The SMILES string of the molecule is Cc1cccc([C@H]2CN([C@@H](C(=O)O)C(C)(C)C)C[C@@H]2CN2CCC(c3cnc(Cc4ccccc4)[nH]3)CC2)c1. The van der Waals surface area contributed by atoms with E-state index in [1.54, 1.807) is 0 Å². The summed E-state index contributed by atoms with van der Waals surface area (Å²) in [5, 5.41) is 10.1. The largest absolute Gasteiger partial charge is 0.480 e. The van der Waals surface area contributed by atoms with E-state index in [0.29, 0.717) is 17.8 Å². The summed E-state index contributed by atoms with van der Waals surface area (Å²) < 4.78 is 0. The minimum Gasteiger partial charge on any atom is -0.480 e. The first-order chi connectivity index (χ1) is 18.7. The zero-order valence-corrected chi connectivity index (χ0v) is 23.9. The van der Waals surface area contributed by atoms with Crippen LogP contribution in [-0.4, -0.2) is 69.6 Å². The van der Waals surface area contributed by atoms with Gasteiger partial charge < -0.3 is 15.0 Å². The quantitative estimate of drug-likeness (QED) is 0.392. The lowest BCUT2D eigenvalue weighted by molar-refractivity contribution is -0.147. The Labute approximate surface area is 233 Å². The molecule has 0 aliphatic carbocycles. The number of imidazole rings is 1. The Hall–Kier alpha value is -2.96. The highest BCUT2D eigenvalue weighted by atomic mass is 16.4. The van der Waals surface area contributed by atoms with E-state index in [-0.39, 0.29) is 5.41 Å². The van der Waals surface area contributed by atoms with E-state index in [1.807, 2.05) is 33.0 Å². The average Bonchev–Trinajstić information content (AvgIpc) is 3.51. The molecule has 2 fully saturated rings. The second kappa shape index (κ2) is 11.6. The van der Waals surface area contributed by atoms with Gasteiger partial charge >= 0.3 is 5.97 Å². The summed E-state index contributed by atoms with van der Waals surface area (Å²) in [6, 6.07) is 18.8. The van der Waals surface area contributed by atoms with Crippen molar-refractivity contribution in [3.63, 3.8) is 0 Å². The maximum absolute atomic E-state index is 12.3. The van der Waals surface area contributed by atoms with Gasteiger partial charge in [-0.2, -0.15) is 0 Å². The van der Waals surface area contributed by atoms with Crippen LogP contribution in [-0.2, 0) is 11.2 Å². The molecule has 5 rings (SSSR count). The molecule has 2 aliphatic heterocycles. The molecule has 0 unspecified atom stereocenters. The lowest BCUT2D eigenvalue weighted by Gasteiger charge is -2.35. The minimum atomic E-state index is -0.710. The predicted octanol–water partition coefficient (Wildman–Crippen LogP) is 5.70. The number of rotatable bonds is 8. The summed E-state index contributed by atoms with van der Waals surface area (Å²) in [5.41, 5.74) is 4.83. The van der Waals surface area contributed by atoms with E-state index in [0.717, 1.165) is 57.8 Å². The number of piperidine rings is 1. The number of likely N-dealkylation sites (tertiary alicyclic amines) is 2. The highest BCUT2D eigenvalue weighted by Gasteiger charge is 2.44. The Morgan fingerprint density at radius 1 is 1.08 bits per heavy atom. The van der Waals surface area contributed by atoms with Gasteiger partial charge in [-0.05, 0) is 55.3 Å². The van der Waals surface area contributed by atoms with Crippen molar-refractivity contribution in [3.05, 3.63) is 89.0 Å². The van der Waals surface area contributed by atoms with Crippen LogP contribution in [0.1, 0.15) is 73.7 Å². The van der Waals surface area contributed by atoms with Gasteiger partial charge in [0.2, 0.25) is 0 Å². The Bertz CT molecular complexity index is 1240. The van der Waals surface area contributed by atoms with Gasteiger partial charge in [-0.1, -0.05) is 80.9 Å². The molecule has 3 aromatic rings. The number of aryl methyl sites for hydroxylation is 1. The van der Waals surface area contributed by atoms with Crippen LogP contribution >= 0.6 is 0 Å². The van der Waals surface area contributed by atoms with Crippen LogP contribution in [0.2, 0.25) is 0 Å². The second-order valence-electron chi connectivity index (χ2n) is 12.9. The van der Waals surface area contributed by atoms with Gasteiger partial charge in [0.05, 0.1) is 0 Å². The van der Waals surface area contributed by atoms with Crippen LogP contribution < -0.4 is 0 Å².